The SMILES string of the molecule is OCc1nc(-c2ccc3nc(-c4ccc5sccc5c4)cn3c2)cs1. The van der Waals surface area contributed by atoms with Crippen molar-refractivity contribution in [1.29, 1.82) is 0 Å². The van der Waals surface area contributed by atoms with Gasteiger partial charge in [-0.15, -0.1) is 22.7 Å². The maximum atomic E-state index is 9.19. The molecule has 0 fully saturated rings. The van der Waals surface area contributed by atoms with Gasteiger partial charge in [-0.3, -0.25) is 0 Å². The van der Waals surface area contributed by atoms with Crippen LogP contribution in [0.3, 0.4) is 0 Å². The maximum absolute atomic E-state index is 9.19. The number of benzene rings is 1. The quantitative estimate of drug-likeness (QED) is 0.499. The van der Waals surface area contributed by atoms with Gasteiger partial charge < -0.3 is 9.51 Å². The van der Waals surface area contributed by atoms with Gasteiger partial charge in [0.1, 0.15) is 10.7 Å². The van der Waals surface area contributed by atoms with Crippen LogP contribution in [0.15, 0.2) is 59.6 Å². The molecule has 5 rings (SSSR count). The van der Waals surface area contributed by atoms with E-state index in [0.29, 0.717) is 0 Å². The van der Waals surface area contributed by atoms with Crippen LogP contribution in [0.2, 0.25) is 0 Å². The van der Waals surface area contributed by atoms with Crippen LogP contribution in [0.5, 0.6) is 0 Å². The highest BCUT2D eigenvalue weighted by Crippen LogP contribution is 2.28. The number of aliphatic hydroxyl groups excluding tert-OH is 1. The van der Waals surface area contributed by atoms with Gasteiger partial charge >= 0.3 is 0 Å². The lowest BCUT2D eigenvalue weighted by atomic mass is 10.1. The van der Waals surface area contributed by atoms with Crippen molar-refractivity contribution < 1.29 is 5.11 Å². The molecule has 0 spiro atoms. The molecule has 4 nitrogen and oxygen atoms in total. The molecule has 122 valence electrons. The Kier molecular flexibility index (Phi) is 3.41. The number of thiazole rings is 1. The Hall–Kier alpha value is -2.54. The van der Waals surface area contributed by atoms with E-state index in [9.17, 15) is 5.11 Å². The van der Waals surface area contributed by atoms with E-state index in [2.05, 4.69) is 34.6 Å². The monoisotopic (exact) mass is 363 g/mol. The van der Waals surface area contributed by atoms with Crippen LogP contribution in [0, 0.1) is 0 Å². The maximum Gasteiger partial charge on any atom is 0.137 e. The fourth-order valence-electron chi connectivity index (χ4n) is 2.92. The number of pyridine rings is 1. The summed E-state index contributed by atoms with van der Waals surface area (Å²) in [6, 6.07) is 12.6. The average Bonchev–Trinajstić information content (AvgIpc) is 3.37. The first-order valence-electron chi connectivity index (χ1n) is 7.82. The molecule has 0 amide bonds. The van der Waals surface area contributed by atoms with Crippen LogP contribution in [0.1, 0.15) is 5.01 Å². The Balaban J connectivity index is 1.58. The van der Waals surface area contributed by atoms with E-state index in [0.717, 1.165) is 33.2 Å². The number of fused-ring (bicyclic) bond motifs is 2. The first-order chi connectivity index (χ1) is 12.3. The number of hydrogen-bond donors (Lipinski definition) is 1. The van der Waals surface area contributed by atoms with Crippen LogP contribution in [0.4, 0.5) is 0 Å². The molecule has 0 radical (unpaired) electrons. The minimum Gasteiger partial charge on any atom is -0.389 e. The lowest BCUT2D eigenvalue weighted by Crippen LogP contribution is -1.86. The van der Waals surface area contributed by atoms with Gasteiger partial charge in [-0.05, 0) is 41.1 Å². The molecular weight excluding hydrogens is 350 g/mol. The van der Waals surface area contributed by atoms with E-state index in [1.165, 1.54) is 21.4 Å². The third-order valence-corrected chi connectivity index (χ3v) is 5.91. The Bertz CT molecular complexity index is 1200. The zero-order valence-corrected chi connectivity index (χ0v) is 14.7. The Morgan fingerprint density at radius 1 is 0.920 bits per heavy atom. The second-order valence-electron chi connectivity index (χ2n) is 5.77. The molecule has 1 aromatic carbocycles. The molecule has 0 aliphatic heterocycles. The van der Waals surface area contributed by atoms with Gasteiger partial charge in [0.15, 0.2) is 0 Å². The van der Waals surface area contributed by atoms with Crippen molar-refractivity contribution in [2.45, 2.75) is 6.61 Å². The van der Waals surface area contributed by atoms with Crippen LogP contribution >= 0.6 is 22.7 Å². The predicted molar refractivity (Wildman–Crippen MR) is 103 cm³/mol. The number of rotatable bonds is 3. The van der Waals surface area contributed by atoms with Gasteiger partial charge in [0.2, 0.25) is 0 Å². The standard InChI is InChI=1S/C19H13N3OS2/c23-10-19-21-16(11-25-19)14-2-4-18-20-15(9-22(18)8-14)12-1-3-17-13(7-12)5-6-24-17/h1-9,11,23H,10H2. The fraction of sp³-hybridized carbons (Fsp3) is 0.0526. The van der Waals surface area contributed by atoms with Gasteiger partial charge in [0, 0.05) is 33.6 Å². The number of thiophene rings is 1. The number of aromatic nitrogens is 3. The molecule has 0 atom stereocenters. The van der Waals surface area contributed by atoms with E-state index in [1.807, 2.05) is 34.3 Å². The number of imidazole rings is 1. The van der Waals surface area contributed by atoms with E-state index in [-0.39, 0.29) is 6.61 Å². The highest BCUT2D eigenvalue weighted by atomic mass is 32.1. The summed E-state index contributed by atoms with van der Waals surface area (Å²) in [5, 5.41) is 15.2. The van der Waals surface area contributed by atoms with Crippen LogP contribution < -0.4 is 0 Å². The first kappa shape index (κ1) is 14.8. The van der Waals surface area contributed by atoms with Crippen LogP contribution in [-0.2, 0) is 6.61 Å². The van der Waals surface area contributed by atoms with Gasteiger partial charge in [-0.25, -0.2) is 9.97 Å². The summed E-state index contributed by atoms with van der Waals surface area (Å²) in [5.41, 5.74) is 4.88. The Morgan fingerprint density at radius 3 is 2.72 bits per heavy atom. The molecule has 0 bridgehead atoms. The van der Waals surface area contributed by atoms with E-state index < -0.39 is 0 Å². The Labute approximate surface area is 151 Å². The molecule has 0 saturated heterocycles. The predicted octanol–water partition coefficient (Wildman–Crippen LogP) is 4.83. The summed E-state index contributed by atoms with van der Waals surface area (Å²) in [5.74, 6) is 0. The zero-order valence-electron chi connectivity index (χ0n) is 13.1. The highest BCUT2D eigenvalue weighted by Gasteiger charge is 2.09. The summed E-state index contributed by atoms with van der Waals surface area (Å²) in [6.45, 7) is -0.0206. The van der Waals surface area contributed by atoms with Crippen molar-refractivity contribution in [1.82, 2.24) is 14.4 Å². The molecular formula is C19H13N3OS2. The van der Waals surface area contributed by atoms with E-state index in [4.69, 9.17) is 4.98 Å². The Morgan fingerprint density at radius 2 is 1.84 bits per heavy atom. The highest BCUT2D eigenvalue weighted by molar-refractivity contribution is 7.17. The van der Waals surface area contributed by atoms with Gasteiger partial charge in [-0.1, -0.05) is 6.07 Å². The van der Waals surface area contributed by atoms with Crippen molar-refractivity contribution in [2.75, 3.05) is 0 Å². The molecule has 4 aromatic heterocycles. The average molecular weight is 363 g/mol. The smallest absolute Gasteiger partial charge is 0.137 e. The van der Waals surface area contributed by atoms with Crippen molar-refractivity contribution in [2.24, 2.45) is 0 Å². The first-order valence-corrected chi connectivity index (χ1v) is 9.58. The number of hydrogen-bond acceptors (Lipinski definition) is 5. The summed E-state index contributed by atoms with van der Waals surface area (Å²) < 4.78 is 3.32. The van der Waals surface area contributed by atoms with Crippen molar-refractivity contribution >= 4 is 38.4 Å². The summed E-state index contributed by atoms with van der Waals surface area (Å²) in [4.78, 5) is 9.17. The van der Waals surface area contributed by atoms with Crippen LogP contribution in [-0.4, -0.2) is 19.5 Å². The second kappa shape index (κ2) is 5.77. The normalized spacial score (nSPS) is 11.6. The molecule has 0 aliphatic carbocycles. The van der Waals surface area contributed by atoms with Gasteiger partial charge in [0.25, 0.3) is 0 Å². The molecule has 0 aliphatic rings. The summed E-state index contributed by atoms with van der Waals surface area (Å²) >= 11 is 3.22. The lowest BCUT2D eigenvalue weighted by molar-refractivity contribution is 0.281. The van der Waals surface area contributed by atoms with Crippen molar-refractivity contribution in [3.05, 3.63) is 64.6 Å². The molecule has 4 heterocycles. The number of nitrogens with zero attached hydrogens (tertiary/aromatic N) is 3. The molecule has 0 unspecified atom stereocenters. The van der Waals surface area contributed by atoms with Gasteiger partial charge in [0.05, 0.1) is 18.0 Å². The van der Waals surface area contributed by atoms with Crippen LogP contribution in [0.25, 0.3) is 38.2 Å². The molecule has 6 heteroatoms. The van der Waals surface area contributed by atoms with Crippen molar-refractivity contribution in [3.8, 4) is 22.5 Å². The van der Waals surface area contributed by atoms with Crippen molar-refractivity contribution in [3.63, 3.8) is 0 Å². The molecule has 25 heavy (non-hydrogen) atoms. The minimum absolute atomic E-state index is 0.0206. The van der Waals surface area contributed by atoms with E-state index >= 15 is 0 Å². The summed E-state index contributed by atoms with van der Waals surface area (Å²) in [6.07, 6.45) is 4.08. The lowest BCUT2D eigenvalue weighted by Gasteiger charge is -1.98. The summed E-state index contributed by atoms with van der Waals surface area (Å²) in [7, 11) is 0. The zero-order chi connectivity index (χ0) is 16.8. The van der Waals surface area contributed by atoms with E-state index in [1.54, 1.807) is 11.3 Å². The third-order valence-electron chi connectivity index (χ3n) is 4.18. The third kappa shape index (κ3) is 2.55. The number of aliphatic hydroxyl groups is 1. The topological polar surface area (TPSA) is 50.4 Å². The molecule has 1 N–H and O–H groups in total. The molecule has 0 saturated carbocycles. The molecule has 5 aromatic rings. The minimum atomic E-state index is -0.0206. The largest absolute Gasteiger partial charge is 0.389 e. The second-order valence-corrected chi connectivity index (χ2v) is 7.66. The van der Waals surface area contributed by atoms with Gasteiger partial charge in [-0.2, -0.15) is 0 Å². The fourth-order valence-corrected chi connectivity index (χ4v) is 4.36.